The second-order valence-electron chi connectivity index (χ2n) is 4.32. The SMILES string of the molecule is Cc1sc(C(=O)N[C@H](C)C(C)C)cc1[N+](=O)[O-]. The van der Waals surface area contributed by atoms with Crippen LogP contribution in [0.3, 0.4) is 0 Å². The number of hydrogen-bond acceptors (Lipinski definition) is 4. The van der Waals surface area contributed by atoms with Crippen molar-refractivity contribution in [3.8, 4) is 0 Å². The second-order valence-corrected chi connectivity index (χ2v) is 5.57. The first-order valence-corrected chi connectivity index (χ1v) is 6.20. The number of thiophene rings is 1. The number of nitro groups is 1. The first-order chi connectivity index (χ1) is 7.82. The topological polar surface area (TPSA) is 72.2 Å². The van der Waals surface area contributed by atoms with Crippen molar-refractivity contribution in [3.05, 3.63) is 25.9 Å². The molecule has 1 aromatic rings. The molecule has 94 valence electrons. The molecule has 1 atom stereocenters. The van der Waals surface area contributed by atoms with Gasteiger partial charge in [0.2, 0.25) is 0 Å². The molecule has 1 aromatic heterocycles. The standard InChI is InChI=1S/C11H16N2O3S/c1-6(2)7(3)12-11(14)10-5-9(13(15)16)8(4)17-10/h5-7H,1-4H3,(H,12,14)/t7-/m1/s1. The van der Waals surface area contributed by atoms with Gasteiger partial charge in [0.1, 0.15) is 0 Å². The molecule has 1 rings (SSSR count). The van der Waals surface area contributed by atoms with Crippen LogP contribution in [0, 0.1) is 23.0 Å². The Labute approximate surface area is 104 Å². The van der Waals surface area contributed by atoms with Crippen molar-refractivity contribution in [1.82, 2.24) is 5.32 Å². The summed E-state index contributed by atoms with van der Waals surface area (Å²) >= 11 is 1.15. The Morgan fingerprint density at radius 1 is 1.47 bits per heavy atom. The molecule has 0 radical (unpaired) electrons. The smallest absolute Gasteiger partial charge is 0.283 e. The van der Waals surface area contributed by atoms with Crippen molar-refractivity contribution in [2.75, 3.05) is 0 Å². The number of aryl methyl sites for hydroxylation is 1. The first kappa shape index (κ1) is 13.6. The van der Waals surface area contributed by atoms with E-state index in [1.807, 2.05) is 20.8 Å². The van der Waals surface area contributed by atoms with Crippen molar-refractivity contribution in [2.45, 2.75) is 33.7 Å². The summed E-state index contributed by atoms with van der Waals surface area (Å²) in [6.07, 6.45) is 0. The Hall–Kier alpha value is -1.43. The lowest BCUT2D eigenvalue weighted by Crippen LogP contribution is -2.35. The van der Waals surface area contributed by atoms with Gasteiger partial charge >= 0.3 is 0 Å². The molecule has 1 N–H and O–H groups in total. The summed E-state index contributed by atoms with van der Waals surface area (Å²) in [5, 5.41) is 13.5. The Kier molecular flexibility index (Phi) is 4.22. The van der Waals surface area contributed by atoms with E-state index in [0.717, 1.165) is 11.3 Å². The quantitative estimate of drug-likeness (QED) is 0.665. The third-order valence-corrected chi connectivity index (χ3v) is 3.71. The zero-order valence-corrected chi connectivity index (χ0v) is 11.1. The first-order valence-electron chi connectivity index (χ1n) is 5.38. The van der Waals surface area contributed by atoms with Gasteiger partial charge in [-0.3, -0.25) is 14.9 Å². The van der Waals surface area contributed by atoms with Crippen LogP contribution in [0.2, 0.25) is 0 Å². The van der Waals surface area contributed by atoms with Gasteiger partial charge in [0, 0.05) is 12.1 Å². The molecule has 0 unspecified atom stereocenters. The fraction of sp³-hybridized carbons (Fsp3) is 0.545. The molecule has 1 amide bonds. The van der Waals surface area contributed by atoms with Crippen molar-refractivity contribution in [3.63, 3.8) is 0 Å². The maximum absolute atomic E-state index is 11.8. The molecule has 17 heavy (non-hydrogen) atoms. The molecule has 0 aliphatic heterocycles. The number of nitrogens with zero attached hydrogens (tertiary/aromatic N) is 1. The van der Waals surface area contributed by atoms with E-state index in [-0.39, 0.29) is 17.6 Å². The average Bonchev–Trinajstić information content (AvgIpc) is 2.60. The van der Waals surface area contributed by atoms with Gasteiger partial charge in [-0.05, 0) is 19.8 Å². The number of carbonyl (C=O) groups is 1. The average molecular weight is 256 g/mol. The van der Waals surface area contributed by atoms with Gasteiger partial charge in [0.25, 0.3) is 11.6 Å². The molecule has 0 aliphatic rings. The van der Waals surface area contributed by atoms with Crippen LogP contribution in [-0.2, 0) is 0 Å². The predicted molar refractivity (Wildman–Crippen MR) is 67.5 cm³/mol. The van der Waals surface area contributed by atoms with Gasteiger partial charge in [-0.1, -0.05) is 13.8 Å². The number of rotatable bonds is 4. The molecule has 0 aromatic carbocycles. The van der Waals surface area contributed by atoms with Crippen molar-refractivity contribution < 1.29 is 9.72 Å². The normalized spacial score (nSPS) is 12.5. The molecule has 0 saturated heterocycles. The third kappa shape index (κ3) is 3.26. The van der Waals surface area contributed by atoms with E-state index < -0.39 is 4.92 Å². The highest BCUT2D eigenvalue weighted by molar-refractivity contribution is 7.14. The summed E-state index contributed by atoms with van der Waals surface area (Å²) in [5.74, 6) is 0.0856. The Morgan fingerprint density at radius 2 is 2.06 bits per heavy atom. The van der Waals surface area contributed by atoms with Crippen LogP contribution >= 0.6 is 11.3 Å². The lowest BCUT2D eigenvalue weighted by atomic mass is 10.1. The van der Waals surface area contributed by atoms with Crippen LogP contribution in [0.25, 0.3) is 0 Å². The van der Waals surface area contributed by atoms with E-state index in [2.05, 4.69) is 5.32 Å². The summed E-state index contributed by atoms with van der Waals surface area (Å²) in [5.41, 5.74) is 0.0114. The number of hydrogen-bond donors (Lipinski definition) is 1. The lowest BCUT2D eigenvalue weighted by Gasteiger charge is -2.16. The van der Waals surface area contributed by atoms with Crippen LogP contribution in [0.5, 0.6) is 0 Å². The zero-order chi connectivity index (χ0) is 13.2. The van der Waals surface area contributed by atoms with Crippen LogP contribution in [0.1, 0.15) is 35.3 Å². The van der Waals surface area contributed by atoms with Gasteiger partial charge in [-0.25, -0.2) is 0 Å². The summed E-state index contributed by atoms with van der Waals surface area (Å²) in [6.45, 7) is 7.57. The van der Waals surface area contributed by atoms with Gasteiger partial charge in [0.05, 0.1) is 14.7 Å². The van der Waals surface area contributed by atoms with E-state index in [9.17, 15) is 14.9 Å². The monoisotopic (exact) mass is 256 g/mol. The Morgan fingerprint density at radius 3 is 2.47 bits per heavy atom. The summed E-state index contributed by atoms with van der Waals surface area (Å²) in [6, 6.07) is 1.38. The third-order valence-electron chi connectivity index (χ3n) is 2.67. The van der Waals surface area contributed by atoms with Gasteiger partial charge in [0.15, 0.2) is 0 Å². The van der Waals surface area contributed by atoms with Crippen molar-refractivity contribution in [2.24, 2.45) is 5.92 Å². The fourth-order valence-electron chi connectivity index (χ4n) is 1.21. The molecular formula is C11H16N2O3S. The number of nitrogens with one attached hydrogen (secondary N) is 1. The highest BCUT2D eigenvalue weighted by Crippen LogP contribution is 2.28. The molecule has 0 aliphatic carbocycles. The Bertz CT molecular complexity index is 440. The van der Waals surface area contributed by atoms with Crippen molar-refractivity contribution in [1.29, 1.82) is 0 Å². The Balaban J connectivity index is 2.83. The molecule has 0 spiro atoms. The second kappa shape index (κ2) is 5.27. The maximum atomic E-state index is 11.8. The molecule has 1 heterocycles. The van der Waals surface area contributed by atoms with Crippen LogP contribution in [-0.4, -0.2) is 16.9 Å². The zero-order valence-electron chi connectivity index (χ0n) is 10.3. The fourth-order valence-corrected chi connectivity index (χ4v) is 2.10. The van der Waals surface area contributed by atoms with Gasteiger partial charge < -0.3 is 5.32 Å². The van der Waals surface area contributed by atoms with E-state index in [1.165, 1.54) is 6.07 Å². The van der Waals surface area contributed by atoms with E-state index in [0.29, 0.717) is 15.7 Å². The van der Waals surface area contributed by atoms with E-state index in [4.69, 9.17) is 0 Å². The number of amides is 1. The highest BCUT2D eigenvalue weighted by Gasteiger charge is 2.20. The van der Waals surface area contributed by atoms with Gasteiger partial charge in [-0.15, -0.1) is 11.3 Å². The largest absolute Gasteiger partial charge is 0.349 e. The molecule has 0 fully saturated rings. The predicted octanol–water partition coefficient (Wildman–Crippen LogP) is 2.74. The maximum Gasteiger partial charge on any atom is 0.283 e. The van der Waals surface area contributed by atoms with Crippen LogP contribution in [0.4, 0.5) is 5.69 Å². The van der Waals surface area contributed by atoms with Crippen molar-refractivity contribution >= 4 is 22.9 Å². The van der Waals surface area contributed by atoms with E-state index in [1.54, 1.807) is 6.92 Å². The highest BCUT2D eigenvalue weighted by atomic mass is 32.1. The molecule has 5 nitrogen and oxygen atoms in total. The minimum Gasteiger partial charge on any atom is -0.349 e. The molecule has 0 saturated carbocycles. The van der Waals surface area contributed by atoms with Crippen LogP contribution in [0.15, 0.2) is 6.07 Å². The lowest BCUT2D eigenvalue weighted by molar-refractivity contribution is -0.385. The van der Waals surface area contributed by atoms with Gasteiger partial charge in [-0.2, -0.15) is 0 Å². The van der Waals surface area contributed by atoms with Crippen LogP contribution < -0.4 is 5.32 Å². The summed E-state index contributed by atoms with van der Waals surface area (Å²) in [4.78, 5) is 23.0. The minimum atomic E-state index is -0.464. The summed E-state index contributed by atoms with van der Waals surface area (Å²) < 4.78 is 0. The number of carbonyl (C=O) groups excluding carboxylic acids is 1. The summed E-state index contributed by atoms with van der Waals surface area (Å²) in [7, 11) is 0. The minimum absolute atomic E-state index is 0.0114. The molecular weight excluding hydrogens is 240 g/mol. The molecule has 6 heteroatoms. The molecule has 0 bridgehead atoms. The van der Waals surface area contributed by atoms with E-state index >= 15 is 0 Å².